The molecular weight excluding hydrogens is 237 g/mol. The van der Waals surface area contributed by atoms with Crippen LogP contribution in [-0.2, 0) is 0 Å². The van der Waals surface area contributed by atoms with Crippen molar-refractivity contribution >= 4 is 11.8 Å². The highest BCUT2D eigenvalue weighted by Crippen LogP contribution is 2.39. The molecule has 7 heteroatoms. The van der Waals surface area contributed by atoms with Crippen LogP contribution in [-0.4, -0.2) is 22.6 Å². The largest absolute Gasteiger partial charge is 0.453 e. The summed E-state index contributed by atoms with van der Waals surface area (Å²) in [5.41, 5.74) is 0. The third-order valence-corrected chi connectivity index (χ3v) is 2.78. The second kappa shape index (κ2) is 4.56. The number of thioether (sulfide) groups is 1. The molecule has 1 nitrogen and oxygen atoms in total. The Morgan fingerprint density at radius 2 is 1.60 bits per heavy atom. The lowest BCUT2D eigenvalue weighted by Crippen LogP contribution is -2.37. The van der Waals surface area contributed by atoms with Crippen LogP contribution in [0.1, 0.15) is 20.3 Å². The number of hydrogen-bond donors (Lipinski definition) is 0. The summed E-state index contributed by atoms with van der Waals surface area (Å²) >= 11 is 0.781. The molecule has 0 N–H and O–H groups in total. The number of rotatable bonds is 4. The average Bonchev–Trinajstić information content (AvgIpc) is 2.01. The summed E-state index contributed by atoms with van der Waals surface area (Å²) in [5, 5.41) is 8.50. The van der Waals surface area contributed by atoms with Crippen molar-refractivity contribution < 1.29 is 22.0 Å². The standard InChI is InChI=1S/C8H10F5NS/c1-6(2,5-14)15-4-3-7(9,10)8(11,12)13/h3-4H2,1-2H3. The fourth-order valence-electron chi connectivity index (χ4n) is 0.608. The van der Waals surface area contributed by atoms with Crippen LogP contribution in [0.5, 0.6) is 0 Å². The molecule has 15 heavy (non-hydrogen) atoms. The van der Waals surface area contributed by atoms with Crippen LogP contribution in [0.15, 0.2) is 0 Å². The molecule has 0 fully saturated rings. The summed E-state index contributed by atoms with van der Waals surface area (Å²) in [6.07, 6.45) is -6.81. The molecule has 0 spiro atoms. The fraction of sp³-hybridized carbons (Fsp3) is 0.875. The van der Waals surface area contributed by atoms with E-state index in [9.17, 15) is 22.0 Å². The van der Waals surface area contributed by atoms with E-state index in [2.05, 4.69) is 0 Å². The topological polar surface area (TPSA) is 23.8 Å². The second-order valence-corrected chi connectivity index (χ2v) is 5.14. The Morgan fingerprint density at radius 3 is 1.93 bits per heavy atom. The number of alkyl halides is 5. The van der Waals surface area contributed by atoms with E-state index in [1.165, 1.54) is 13.8 Å². The number of hydrogen-bond acceptors (Lipinski definition) is 2. The third-order valence-electron chi connectivity index (χ3n) is 1.56. The van der Waals surface area contributed by atoms with Gasteiger partial charge in [0, 0.05) is 12.2 Å². The lowest BCUT2D eigenvalue weighted by molar-refractivity contribution is -0.282. The lowest BCUT2D eigenvalue weighted by atomic mass is 10.2. The molecule has 0 saturated carbocycles. The van der Waals surface area contributed by atoms with E-state index in [-0.39, 0.29) is 0 Å². The monoisotopic (exact) mass is 247 g/mol. The molecule has 0 rings (SSSR count). The van der Waals surface area contributed by atoms with Gasteiger partial charge in [0.2, 0.25) is 0 Å². The quantitative estimate of drug-likeness (QED) is 0.708. The van der Waals surface area contributed by atoms with Crippen molar-refractivity contribution in [3.63, 3.8) is 0 Å². The van der Waals surface area contributed by atoms with Crippen molar-refractivity contribution in [2.45, 2.75) is 37.1 Å². The van der Waals surface area contributed by atoms with Gasteiger partial charge in [0.05, 0.1) is 10.8 Å². The molecule has 0 radical (unpaired) electrons. The normalized spacial score (nSPS) is 13.7. The van der Waals surface area contributed by atoms with Crippen LogP contribution in [0, 0.1) is 11.3 Å². The first-order chi connectivity index (χ1) is 6.52. The van der Waals surface area contributed by atoms with Gasteiger partial charge in [-0.3, -0.25) is 0 Å². The van der Waals surface area contributed by atoms with Gasteiger partial charge < -0.3 is 0 Å². The Bertz CT molecular complexity index is 253. The average molecular weight is 247 g/mol. The molecule has 0 aromatic heterocycles. The van der Waals surface area contributed by atoms with Crippen LogP contribution >= 0.6 is 11.8 Å². The van der Waals surface area contributed by atoms with Crippen LogP contribution < -0.4 is 0 Å². The van der Waals surface area contributed by atoms with Crippen LogP contribution in [0.3, 0.4) is 0 Å². The van der Waals surface area contributed by atoms with E-state index < -0.39 is 29.0 Å². The van der Waals surface area contributed by atoms with Crippen molar-refractivity contribution in [1.29, 1.82) is 5.26 Å². The van der Waals surface area contributed by atoms with Gasteiger partial charge >= 0.3 is 12.1 Å². The van der Waals surface area contributed by atoms with E-state index in [1.807, 2.05) is 0 Å². The fourth-order valence-corrected chi connectivity index (χ4v) is 1.54. The highest BCUT2D eigenvalue weighted by molar-refractivity contribution is 8.00. The summed E-state index contributed by atoms with van der Waals surface area (Å²) in [7, 11) is 0. The molecule has 0 heterocycles. The molecule has 0 aromatic carbocycles. The minimum atomic E-state index is -5.51. The molecule has 0 amide bonds. The van der Waals surface area contributed by atoms with Crippen LogP contribution in [0.25, 0.3) is 0 Å². The summed E-state index contributed by atoms with van der Waals surface area (Å²) < 4.78 is 59.0. The van der Waals surface area contributed by atoms with E-state index >= 15 is 0 Å². The van der Waals surface area contributed by atoms with Crippen molar-refractivity contribution in [3.05, 3.63) is 0 Å². The van der Waals surface area contributed by atoms with Gasteiger partial charge in [-0.1, -0.05) is 0 Å². The van der Waals surface area contributed by atoms with E-state index in [0.29, 0.717) is 0 Å². The van der Waals surface area contributed by atoms with Gasteiger partial charge in [0.25, 0.3) is 0 Å². The van der Waals surface area contributed by atoms with Gasteiger partial charge in [0.1, 0.15) is 0 Å². The predicted molar refractivity (Wildman–Crippen MR) is 47.8 cm³/mol. The van der Waals surface area contributed by atoms with Gasteiger partial charge in [-0.2, -0.15) is 27.2 Å². The first kappa shape index (κ1) is 14.5. The number of nitriles is 1. The summed E-state index contributed by atoms with van der Waals surface area (Å²) in [4.78, 5) is 0. The highest BCUT2D eigenvalue weighted by Gasteiger charge is 2.56. The number of nitrogens with zero attached hydrogens (tertiary/aromatic N) is 1. The van der Waals surface area contributed by atoms with Crippen molar-refractivity contribution in [2.75, 3.05) is 5.75 Å². The van der Waals surface area contributed by atoms with Gasteiger partial charge in [-0.05, 0) is 13.8 Å². The van der Waals surface area contributed by atoms with Crippen molar-refractivity contribution in [3.8, 4) is 6.07 Å². The molecule has 0 atom stereocenters. The zero-order valence-corrected chi connectivity index (χ0v) is 8.98. The zero-order chi connectivity index (χ0) is 12.3. The molecule has 0 bridgehead atoms. The summed E-state index contributed by atoms with van der Waals surface area (Å²) in [5.74, 6) is -5.08. The first-order valence-electron chi connectivity index (χ1n) is 4.01. The molecule has 0 aliphatic heterocycles. The van der Waals surface area contributed by atoms with Gasteiger partial charge in [0.15, 0.2) is 0 Å². The maximum absolute atomic E-state index is 12.4. The molecule has 88 valence electrons. The number of halogens is 5. The SMILES string of the molecule is CC(C)(C#N)SCCC(F)(F)C(F)(F)F. The van der Waals surface area contributed by atoms with Crippen LogP contribution in [0.2, 0.25) is 0 Å². The minimum absolute atomic E-state index is 0.410. The first-order valence-corrected chi connectivity index (χ1v) is 5.00. The van der Waals surface area contributed by atoms with Crippen LogP contribution in [0.4, 0.5) is 22.0 Å². The molecule has 0 aliphatic rings. The lowest BCUT2D eigenvalue weighted by Gasteiger charge is -2.21. The third kappa shape index (κ3) is 4.69. The van der Waals surface area contributed by atoms with E-state index in [1.54, 1.807) is 6.07 Å². The molecular formula is C8H10F5NS. The maximum atomic E-state index is 12.4. The Hall–Kier alpha value is -0.510. The maximum Gasteiger partial charge on any atom is 0.453 e. The Labute approximate surface area is 88.6 Å². The second-order valence-electron chi connectivity index (χ2n) is 3.42. The van der Waals surface area contributed by atoms with Crippen molar-refractivity contribution in [1.82, 2.24) is 0 Å². The highest BCUT2D eigenvalue weighted by atomic mass is 32.2. The zero-order valence-electron chi connectivity index (χ0n) is 8.16. The Kier molecular flexibility index (Phi) is 4.40. The van der Waals surface area contributed by atoms with Gasteiger partial charge in [-0.15, -0.1) is 11.8 Å². The molecule has 0 aromatic rings. The summed E-state index contributed by atoms with van der Waals surface area (Å²) in [6, 6.07) is 1.80. The molecule has 0 aliphatic carbocycles. The Morgan fingerprint density at radius 1 is 1.13 bits per heavy atom. The van der Waals surface area contributed by atoms with Crippen molar-refractivity contribution in [2.24, 2.45) is 0 Å². The molecule has 0 saturated heterocycles. The molecule has 0 unspecified atom stereocenters. The minimum Gasteiger partial charge on any atom is -0.197 e. The Balaban J connectivity index is 4.15. The van der Waals surface area contributed by atoms with E-state index in [4.69, 9.17) is 5.26 Å². The van der Waals surface area contributed by atoms with E-state index in [0.717, 1.165) is 11.8 Å². The van der Waals surface area contributed by atoms with Gasteiger partial charge in [-0.25, -0.2) is 0 Å². The smallest absolute Gasteiger partial charge is 0.197 e. The summed E-state index contributed by atoms with van der Waals surface area (Å²) in [6.45, 7) is 2.92. The predicted octanol–water partition coefficient (Wildman–Crippen LogP) is 3.61.